The summed E-state index contributed by atoms with van der Waals surface area (Å²) in [6, 6.07) is 9.01. The molecule has 0 aliphatic carbocycles. The van der Waals surface area contributed by atoms with Gasteiger partial charge in [0.15, 0.2) is 0 Å². The van der Waals surface area contributed by atoms with Crippen LogP contribution in [0.3, 0.4) is 0 Å². The molecular weight excluding hydrogens is 478 g/mol. The highest BCUT2D eigenvalue weighted by molar-refractivity contribution is 7.89. The summed E-state index contributed by atoms with van der Waals surface area (Å²) in [7, 11) is -3.94. The predicted octanol–water partition coefficient (Wildman–Crippen LogP) is 2.53. The third-order valence-electron chi connectivity index (χ3n) is 6.65. The first-order chi connectivity index (χ1) is 16.3. The van der Waals surface area contributed by atoms with Gasteiger partial charge in [0, 0.05) is 30.8 Å². The summed E-state index contributed by atoms with van der Waals surface area (Å²) in [5.41, 5.74) is 0. The molecule has 1 unspecified atom stereocenters. The lowest BCUT2D eigenvalue weighted by atomic mass is 9.99. The smallest absolute Gasteiger partial charge is 0.242 e. The molecule has 2 aromatic carbocycles. The van der Waals surface area contributed by atoms with Gasteiger partial charge in [0.1, 0.15) is 6.04 Å². The number of aliphatic hydroxyl groups is 1. The summed E-state index contributed by atoms with van der Waals surface area (Å²) in [6.07, 6.45) is 4.27. The Bertz CT molecular complexity index is 1170. The number of carbonyl (C=O) groups is 2. The third-order valence-corrected chi connectivity index (χ3v) is 8.35. The van der Waals surface area contributed by atoms with E-state index in [1.807, 2.05) is 0 Å². The SMILES string of the molecule is O=C1[C@@H](NS(=O)(=O)c2ccc3cc(Cl)ccc3c2)CCCN1CC(=O)N1CCCCC1CCO. The molecule has 0 radical (unpaired) electrons. The third kappa shape index (κ3) is 5.54. The number of aliphatic hydroxyl groups excluding tert-OH is 1. The second-order valence-corrected chi connectivity index (χ2v) is 11.1. The molecule has 4 rings (SSSR count). The lowest BCUT2D eigenvalue weighted by molar-refractivity contribution is -0.145. The molecule has 34 heavy (non-hydrogen) atoms. The van der Waals surface area contributed by atoms with Gasteiger partial charge < -0.3 is 14.9 Å². The van der Waals surface area contributed by atoms with Gasteiger partial charge in [0.2, 0.25) is 21.8 Å². The van der Waals surface area contributed by atoms with E-state index in [-0.39, 0.29) is 35.9 Å². The van der Waals surface area contributed by atoms with Crippen molar-refractivity contribution in [3.63, 3.8) is 0 Å². The van der Waals surface area contributed by atoms with E-state index in [2.05, 4.69) is 4.72 Å². The van der Waals surface area contributed by atoms with Gasteiger partial charge in [-0.3, -0.25) is 9.59 Å². The van der Waals surface area contributed by atoms with E-state index in [4.69, 9.17) is 11.6 Å². The Morgan fingerprint density at radius 1 is 1.06 bits per heavy atom. The number of nitrogens with zero attached hydrogens (tertiary/aromatic N) is 2. The second-order valence-electron chi connectivity index (χ2n) is 8.98. The number of carbonyl (C=O) groups excluding carboxylic acids is 2. The molecule has 2 saturated heterocycles. The van der Waals surface area contributed by atoms with Crippen LogP contribution in [0.2, 0.25) is 5.02 Å². The Labute approximate surface area is 204 Å². The zero-order chi connectivity index (χ0) is 24.3. The summed E-state index contributed by atoms with van der Waals surface area (Å²) < 4.78 is 28.6. The molecule has 0 aromatic heterocycles. The summed E-state index contributed by atoms with van der Waals surface area (Å²) in [5.74, 6) is -0.533. The summed E-state index contributed by atoms with van der Waals surface area (Å²) in [6.45, 7) is 0.977. The highest BCUT2D eigenvalue weighted by Crippen LogP contribution is 2.24. The first kappa shape index (κ1) is 24.9. The molecule has 2 amide bonds. The van der Waals surface area contributed by atoms with Crippen LogP contribution in [-0.2, 0) is 19.6 Å². The fourth-order valence-corrected chi connectivity index (χ4v) is 6.30. The number of halogens is 1. The van der Waals surface area contributed by atoms with Gasteiger partial charge in [-0.1, -0.05) is 23.7 Å². The first-order valence-corrected chi connectivity index (χ1v) is 13.6. The predicted molar refractivity (Wildman–Crippen MR) is 130 cm³/mol. The number of benzene rings is 2. The van der Waals surface area contributed by atoms with Crippen molar-refractivity contribution in [1.82, 2.24) is 14.5 Å². The molecule has 0 bridgehead atoms. The fourth-order valence-electron chi connectivity index (χ4n) is 4.86. The molecule has 10 heteroatoms. The Hall–Kier alpha value is -2.20. The summed E-state index contributed by atoms with van der Waals surface area (Å²) in [4.78, 5) is 29.3. The summed E-state index contributed by atoms with van der Waals surface area (Å²) in [5, 5.41) is 11.4. The van der Waals surface area contributed by atoms with Gasteiger partial charge in [0.25, 0.3) is 0 Å². The molecule has 184 valence electrons. The van der Waals surface area contributed by atoms with Crippen molar-refractivity contribution in [2.75, 3.05) is 26.2 Å². The van der Waals surface area contributed by atoms with Crippen LogP contribution in [0.4, 0.5) is 0 Å². The number of amides is 2. The van der Waals surface area contributed by atoms with Crippen molar-refractivity contribution in [3.8, 4) is 0 Å². The van der Waals surface area contributed by atoms with E-state index >= 15 is 0 Å². The van der Waals surface area contributed by atoms with Crippen molar-refractivity contribution in [2.45, 2.75) is 55.5 Å². The zero-order valence-corrected chi connectivity index (χ0v) is 20.5. The molecule has 2 heterocycles. The molecule has 8 nitrogen and oxygen atoms in total. The molecular formula is C24H30ClN3O5S. The second kappa shape index (κ2) is 10.6. The van der Waals surface area contributed by atoms with E-state index in [1.165, 1.54) is 11.0 Å². The maximum absolute atomic E-state index is 13.1. The van der Waals surface area contributed by atoms with Crippen LogP contribution in [0, 0.1) is 0 Å². The standard InChI is InChI=1S/C24H30ClN3O5S/c25-19-8-6-18-15-21(9-7-17(18)14-19)34(32,33)26-22-5-3-11-27(24(22)31)16-23(30)28-12-2-1-4-20(28)10-13-29/h6-9,14-15,20,22,26,29H,1-5,10-13,16H2/t20?,22-/m0/s1. The van der Waals surface area contributed by atoms with E-state index in [1.54, 1.807) is 35.2 Å². The fraction of sp³-hybridized carbons (Fsp3) is 0.500. The van der Waals surface area contributed by atoms with E-state index in [9.17, 15) is 23.1 Å². The summed E-state index contributed by atoms with van der Waals surface area (Å²) >= 11 is 6.01. The average molecular weight is 508 g/mol. The Balaban J connectivity index is 1.44. The molecule has 2 N–H and O–H groups in total. The monoisotopic (exact) mass is 507 g/mol. The largest absolute Gasteiger partial charge is 0.396 e. The molecule has 2 atom stereocenters. The lowest BCUT2D eigenvalue weighted by Gasteiger charge is -2.38. The Morgan fingerprint density at radius 2 is 1.82 bits per heavy atom. The van der Waals surface area contributed by atoms with Gasteiger partial charge in [-0.15, -0.1) is 0 Å². The van der Waals surface area contributed by atoms with Crippen LogP contribution in [0.25, 0.3) is 10.8 Å². The normalized spacial score (nSPS) is 21.8. The van der Waals surface area contributed by atoms with Gasteiger partial charge in [-0.25, -0.2) is 8.42 Å². The number of sulfonamides is 1. The van der Waals surface area contributed by atoms with Gasteiger partial charge in [0.05, 0.1) is 11.4 Å². The number of piperidine rings is 2. The van der Waals surface area contributed by atoms with Crippen LogP contribution in [-0.4, -0.2) is 73.5 Å². The topological polar surface area (TPSA) is 107 Å². The van der Waals surface area contributed by atoms with Crippen LogP contribution in [0.15, 0.2) is 41.3 Å². The number of likely N-dealkylation sites (tertiary alicyclic amines) is 2. The van der Waals surface area contributed by atoms with Crippen LogP contribution in [0.5, 0.6) is 0 Å². The number of fused-ring (bicyclic) bond motifs is 1. The Morgan fingerprint density at radius 3 is 2.62 bits per heavy atom. The first-order valence-electron chi connectivity index (χ1n) is 11.7. The number of hydrogen-bond donors (Lipinski definition) is 2. The zero-order valence-electron chi connectivity index (χ0n) is 19.0. The molecule has 2 fully saturated rings. The van der Waals surface area contributed by atoms with Crippen LogP contribution in [0.1, 0.15) is 38.5 Å². The number of nitrogens with one attached hydrogen (secondary N) is 1. The van der Waals surface area contributed by atoms with Crippen molar-refractivity contribution in [1.29, 1.82) is 0 Å². The molecule has 2 aromatic rings. The van der Waals surface area contributed by atoms with Crippen LogP contribution >= 0.6 is 11.6 Å². The molecule has 2 aliphatic heterocycles. The number of rotatable bonds is 7. The van der Waals surface area contributed by atoms with E-state index in [0.717, 1.165) is 30.0 Å². The molecule has 0 spiro atoms. The molecule has 2 aliphatic rings. The van der Waals surface area contributed by atoms with Crippen LogP contribution < -0.4 is 4.72 Å². The van der Waals surface area contributed by atoms with Gasteiger partial charge in [-0.2, -0.15) is 4.72 Å². The lowest BCUT2D eigenvalue weighted by Crippen LogP contribution is -2.55. The highest BCUT2D eigenvalue weighted by Gasteiger charge is 2.35. The number of hydrogen-bond acceptors (Lipinski definition) is 5. The van der Waals surface area contributed by atoms with E-state index in [0.29, 0.717) is 37.4 Å². The minimum atomic E-state index is -3.94. The Kier molecular flexibility index (Phi) is 7.77. The molecule has 0 saturated carbocycles. The van der Waals surface area contributed by atoms with Crippen molar-refractivity contribution < 1.29 is 23.1 Å². The van der Waals surface area contributed by atoms with E-state index < -0.39 is 16.1 Å². The van der Waals surface area contributed by atoms with Gasteiger partial charge >= 0.3 is 0 Å². The average Bonchev–Trinajstić information content (AvgIpc) is 2.81. The quantitative estimate of drug-likeness (QED) is 0.599. The highest BCUT2D eigenvalue weighted by atomic mass is 35.5. The van der Waals surface area contributed by atoms with Crippen molar-refractivity contribution in [2.24, 2.45) is 0 Å². The van der Waals surface area contributed by atoms with Crippen molar-refractivity contribution >= 4 is 44.2 Å². The van der Waals surface area contributed by atoms with Crippen molar-refractivity contribution in [3.05, 3.63) is 41.4 Å². The maximum atomic E-state index is 13.1. The minimum Gasteiger partial charge on any atom is -0.396 e. The maximum Gasteiger partial charge on any atom is 0.242 e. The van der Waals surface area contributed by atoms with Gasteiger partial charge in [-0.05, 0) is 73.6 Å². The minimum absolute atomic E-state index is 0.0109.